The molecule has 1 amide bonds. The molecule has 0 N–H and O–H groups in total. The molecule has 1 aliphatic heterocycles. The zero-order valence-electron chi connectivity index (χ0n) is 15.1. The number of nitrogens with zero attached hydrogens (tertiary/aromatic N) is 1. The molecule has 0 radical (unpaired) electrons. The highest BCUT2D eigenvalue weighted by atomic mass is 32.2. The lowest BCUT2D eigenvalue weighted by molar-refractivity contribution is -0.150. The first-order chi connectivity index (χ1) is 11.8. The summed E-state index contributed by atoms with van der Waals surface area (Å²) in [6.45, 7) is 5.85. The van der Waals surface area contributed by atoms with Gasteiger partial charge in [-0.15, -0.1) is 0 Å². The Balaban J connectivity index is 2.02. The first-order valence-corrected chi connectivity index (χ1v) is 9.35. The molecule has 1 fully saturated rings. The number of esters is 1. The monoisotopic (exact) mass is 367 g/mol. The van der Waals surface area contributed by atoms with Crippen LogP contribution in [0.1, 0.15) is 32.8 Å². The van der Waals surface area contributed by atoms with Crippen molar-refractivity contribution >= 4 is 24.1 Å². The summed E-state index contributed by atoms with van der Waals surface area (Å²) in [6, 6.07) is 8.73. The van der Waals surface area contributed by atoms with Crippen molar-refractivity contribution in [1.82, 2.24) is 4.90 Å². The Hall–Kier alpha value is -1.73. The largest absolute Gasteiger partial charge is 0.459 e. The molecule has 0 aliphatic carbocycles. The zero-order valence-corrected chi connectivity index (χ0v) is 15.9. The summed E-state index contributed by atoms with van der Waals surface area (Å²) >= 11 is 1.22. The van der Waals surface area contributed by atoms with Gasteiger partial charge < -0.3 is 13.7 Å². The molecule has 0 bridgehead atoms. The molecule has 2 rings (SSSR count). The minimum atomic E-state index is -0.698. The molecule has 138 valence electrons. The number of ether oxygens (including phenoxy) is 2. The van der Waals surface area contributed by atoms with E-state index in [4.69, 9.17) is 13.7 Å². The Morgan fingerprint density at radius 3 is 2.52 bits per heavy atom. The predicted molar refractivity (Wildman–Crippen MR) is 96.0 cm³/mol. The van der Waals surface area contributed by atoms with Gasteiger partial charge in [0, 0.05) is 12.7 Å². The van der Waals surface area contributed by atoms with Crippen LogP contribution in [0, 0.1) is 0 Å². The molecule has 1 aliphatic rings. The average molecular weight is 367 g/mol. The molecular weight excluding hydrogens is 342 g/mol. The number of rotatable bonds is 5. The minimum absolute atomic E-state index is 0.173. The van der Waals surface area contributed by atoms with E-state index in [0.717, 1.165) is 5.56 Å². The second kappa shape index (κ2) is 8.58. The van der Waals surface area contributed by atoms with Crippen LogP contribution in [0.25, 0.3) is 0 Å². The van der Waals surface area contributed by atoms with Crippen molar-refractivity contribution in [3.63, 3.8) is 0 Å². The van der Waals surface area contributed by atoms with Crippen LogP contribution in [-0.2, 0) is 25.1 Å². The van der Waals surface area contributed by atoms with Crippen LogP contribution in [0.5, 0.6) is 0 Å². The third kappa shape index (κ3) is 5.93. The molecule has 7 heteroatoms. The quantitative estimate of drug-likeness (QED) is 0.587. The molecule has 6 nitrogen and oxygen atoms in total. The highest BCUT2D eigenvalue weighted by Crippen LogP contribution is 2.26. The van der Waals surface area contributed by atoms with E-state index in [0.29, 0.717) is 13.0 Å². The van der Waals surface area contributed by atoms with Gasteiger partial charge in [0.15, 0.2) is 0 Å². The van der Waals surface area contributed by atoms with Gasteiger partial charge in [0.25, 0.3) is 0 Å². The second-order valence-electron chi connectivity index (χ2n) is 6.86. The standard InChI is InChI=1S/C18H25NO5S/c1-18(2,3)23-17(21)19-11-14(24-25-4)10-15(19)16(20)22-12-13-8-6-5-7-9-13/h5-9,14-15H,10-12H2,1-4H3. The fourth-order valence-corrected chi connectivity index (χ4v) is 2.99. The lowest BCUT2D eigenvalue weighted by Crippen LogP contribution is -2.44. The second-order valence-corrected chi connectivity index (χ2v) is 7.39. The van der Waals surface area contributed by atoms with Crippen LogP contribution in [0.15, 0.2) is 30.3 Å². The number of carbonyl (C=O) groups is 2. The average Bonchev–Trinajstić information content (AvgIpc) is 2.97. The summed E-state index contributed by atoms with van der Waals surface area (Å²) < 4.78 is 16.3. The fourth-order valence-electron chi connectivity index (χ4n) is 2.57. The van der Waals surface area contributed by atoms with Gasteiger partial charge in [-0.05, 0) is 38.4 Å². The van der Waals surface area contributed by atoms with Crippen molar-refractivity contribution in [2.24, 2.45) is 0 Å². The molecule has 0 spiro atoms. The van der Waals surface area contributed by atoms with E-state index in [9.17, 15) is 9.59 Å². The molecule has 2 atom stereocenters. The van der Waals surface area contributed by atoms with Gasteiger partial charge in [-0.3, -0.25) is 4.90 Å². The normalized spacial score (nSPS) is 20.4. The van der Waals surface area contributed by atoms with E-state index < -0.39 is 23.7 Å². The zero-order chi connectivity index (χ0) is 18.4. The van der Waals surface area contributed by atoms with Crippen molar-refractivity contribution in [1.29, 1.82) is 0 Å². The Morgan fingerprint density at radius 1 is 1.24 bits per heavy atom. The van der Waals surface area contributed by atoms with Gasteiger partial charge in [0.1, 0.15) is 18.2 Å². The molecule has 2 unspecified atom stereocenters. The number of hydrogen-bond acceptors (Lipinski definition) is 6. The van der Waals surface area contributed by atoms with Crippen LogP contribution in [0.3, 0.4) is 0 Å². The Morgan fingerprint density at radius 2 is 1.92 bits per heavy atom. The molecule has 1 aromatic rings. The van der Waals surface area contributed by atoms with E-state index in [-0.39, 0.29) is 12.7 Å². The third-order valence-electron chi connectivity index (χ3n) is 3.62. The number of amides is 1. The fraction of sp³-hybridized carbons (Fsp3) is 0.556. The van der Waals surface area contributed by atoms with Gasteiger partial charge in [-0.25, -0.2) is 9.59 Å². The molecule has 1 saturated heterocycles. The van der Waals surface area contributed by atoms with Crippen molar-refractivity contribution in [2.75, 3.05) is 12.8 Å². The van der Waals surface area contributed by atoms with Crippen LogP contribution in [0.4, 0.5) is 4.79 Å². The molecule has 25 heavy (non-hydrogen) atoms. The molecular formula is C18H25NO5S. The van der Waals surface area contributed by atoms with E-state index in [1.165, 1.54) is 16.9 Å². The van der Waals surface area contributed by atoms with E-state index in [2.05, 4.69) is 0 Å². The SMILES string of the molecule is CSOC1CC(C(=O)OCc2ccccc2)N(C(=O)OC(C)(C)C)C1. The number of carbonyl (C=O) groups excluding carboxylic acids is 2. The Bertz CT molecular complexity index is 587. The van der Waals surface area contributed by atoms with Crippen molar-refractivity contribution in [3.05, 3.63) is 35.9 Å². The smallest absolute Gasteiger partial charge is 0.411 e. The van der Waals surface area contributed by atoms with Gasteiger partial charge in [-0.1, -0.05) is 30.3 Å². The molecule has 1 heterocycles. The van der Waals surface area contributed by atoms with Crippen LogP contribution in [-0.4, -0.2) is 47.5 Å². The van der Waals surface area contributed by atoms with Crippen LogP contribution >= 0.6 is 12.0 Å². The van der Waals surface area contributed by atoms with Crippen molar-refractivity contribution in [3.8, 4) is 0 Å². The van der Waals surface area contributed by atoms with Crippen molar-refractivity contribution in [2.45, 2.75) is 51.5 Å². The summed E-state index contributed by atoms with van der Waals surface area (Å²) in [7, 11) is 0. The maximum Gasteiger partial charge on any atom is 0.411 e. The minimum Gasteiger partial charge on any atom is -0.459 e. The molecule has 1 aromatic carbocycles. The topological polar surface area (TPSA) is 65.1 Å². The highest BCUT2D eigenvalue weighted by molar-refractivity contribution is 7.93. The van der Waals surface area contributed by atoms with Crippen molar-refractivity contribution < 1.29 is 23.2 Å². The predicted octanol–water partition coefficient (Wildman–Crippen LogP) is 3.40. The maximum absolute atomic E-state index is 12.5. The molecule has 0 aromatic heterocycles. The first kappa shape index (κ1) is 19.6. The molecule has 0 saturated carbocycles. The summed E-state index contributed by atoms with van der Waals surface area (Å²) in [6.07, 6.45) is 1.45. The Labute approximate surface area is 153 Å². The summed E-state index contributed by atoms with van der Waals surface area (Å²) in [5.74, 6) is -0.443. The van der Waals surface area contributed by atoms with Crippen LogP contribution < -0.4 is 0 Å². The number of benzene rings is 1. The first-order valence-electron chi connectivity index (χ1n) is 8.20. The van der Waals surface area contributed by atoms with Gasteiger partial charge in [0.05, 0.1) is 12.6 Å². The Kier molecular flexibility index (Phi) is 6.72. The lowest BCUT2D eigenvalue weighted by atomic mass is 10.2. The maximum atomic E-state index is 12.5. The number of likely N-dealkylation sites (tertiary alicyclic amines) is 1. The highest BCUT2D eigenvalue weighted by Gasteiger charge is 2.43. The lowest BCUT2D eigenvalue weighted by Gasteiger charge is -2.27. The van der Waals surface area contributed by atoms with Gasteiger partial charge >= 0.3 is 12.1 Å². The summed E-state index contributed by atoms with van der Waals surface area (Å²) in [4.78, 5) is 26.4. The summed E-state index contributed by atoms with van der Waals surface area (Å²) in [5, 5.41) is 0. The van der Waals surface area contributed by atoms with E-state index in [1.807, 2.05) is 30.3 Å². The third-order valence-corrected chi connectivity index (χ3v) is 4.08. The van der Waals surface area contributed by atoms with E-state index in [1.54, 1.807) is 27.0 Å². The van der Waals surface area contributed by atoms with Gasteiger partial charge in [-0.2, -0.15) is 0 Å². The van der Waals surface area contributed by atoms with Gasteiger partial charge in [0.2, 0.25) is 0 Å². The van der Waals surface area contributed by atoms with Crippen LogP contribution in [0.2, 0.25) is 0 Å². The number of hydrogen-bond donors (Lipinski definition) is 0. The van der Waals surface area contributed by atoms with E-state index >= 15 is 0 Å². The summed E-state index contributed by atoms with van der Waals surface area (Å²) in [5.41, 5.74) is 0.267.